The zero-order chi connectivity index (χ0) is 26.1. The van der Waals surface area contributed by atoms with Gasteiger partial charge in [-0.1, -0.05) is 46.3 Å². The van der Waals surface area contributed by atoms with Gasteiger partial charge in [-0.3, -0.25) is 9.69 Å². The molecular weight excluding hydrogens is 486 g/mol. The summed E-state index contributed by atoms with van der Waals surface area (Å²) in [6.45, 7) is 17.2. The van der Waals surface area contributed by atoms with Crippen LogP contribution in [0.25, 0.3) is 0 Å². The Balaban J connectivity index is 1.73. The molecule has 1 aromatic carbocycles. The second-order valence-corrected chi connectivity index (χ2v) is 21.0. The average Bonchev–Trinajstić information content (AvgIpc) is 3.45. The first-order chi connectivity index (χ1) is 17.1. The minimum Gasteiger partial charge on any atom is -0.454 e. The molecule has 0 aromatic heterocycles. The molecule has 36 heavy (non-hydrogen) atoms. The molecule has 8 heteroatoms. The first-order valence-electron chi connectivity index (χ1n) is 13.6. The lowest BCUT2D eigenvalue weighted by molar-refractivity contribution is -0.144. The number of carbonyl (C=O) groups excluding carboxylic acids is 1. The van der Waals surface area contributed by atoms with Crippen LogP contribution in [0.4, 0.5) is 0 Å². The predicted molar refractivity (Wildman–Crippen MR) is 147 cm³/mol. The lowest BCUT2D eigenvalue weighted by Crippen LogP contribution is -2.49. The Hall–Kier alpha value is -1.80. The normalized spacial score (nSPS) is 23.9. The van der Waals surface area contributed by atoms with Crippen LogP contribution in [0, 0.1) is 11.5 Å². The zero-order valence-electron chi connectivity index (χ0n) is 23.1. The Morgan fingerprint density at radius 3 is 2.42 bits per heavy atom. The van der Waals surface area contributed by atoms with E-state index < -0.39 is 22.5 Å². The predicted octanol–water partition coefficient (Wildman–Crippen LogP) is 5.68. The summed E-state index contributed by atoms with van der Waals surface area (Å²) in [6, 6.07) is 7.96. The largest absolute Gasteiger partial charge is 0.454 e. The Morgan fingerprint density at radius 1 is 1.14 bits per heavy atom. The molecule has 1 aromatic rings. The second kappa shape index (κ2) is 10.9. The van der Waals surface area contributed by atoms with Gasteiger partial charge >= 0.3 is 5.97 Å². The SMILES string of the molecule is CC[Si](CC)(CC)O[C@H]1CCN2Cc3cc4c(cc3[C@@H](C[C@@H](C#C[Si](C)(C)C)OC(C)=O)[C@H]12)OCO4. The molecule has 0 N–H and O–H groups in total. The van der Waals surface area contributed by atoms with Gasteiger partial charge in [0.05, 0.1) is 6.10 Å². The number of nitrogens with zero attached hydrogens (tertiary/aromatic N) is 1. The number of ether oxygens (including phenoxy) is 3. The molecule has 198 valence electrons. The van der Waals surface area contributed by atoms with Crippen molar-refractivity contribution in [3.05, 3.63) is 23.3 Å². The lowest BCUT2D eigenvalue weighted by atomic mass is 9.79. The van der Waals surface area contributed by atoms with Crippen molar-refractivity contribution in [1.82, 2.24) is 4.90 Å². The maximum Gasteiger partial charge on any atom is 0.303 e. The van der Waals surface area contributed by atoms with E-state index >= 15 is 0 Å². The van der Waals surface area contributed by atoms with Crippen molar-refractivity contribution in [2.75, 3.05) is 13.3 Å². The van der Waals surface area contributed by atoms with Crippen LogP contribution in [0.3, 0.4) is 0 Å². The molecule has 0 bridgehead atoms. The van der Waals surface area contributed by atoms with Crippen LogP contribution in [-0.2, 0) is 20.5 Å². The van der Waals surface area contributed by atoms with E-state index in [2.05, 4.69) is 68.9 Å². The van der Waals surface area contributed by atoms with Gasteiger partial charge in [-0.05, 0) is 47.8 Å². The average molecular weight is 530 g/mol. The summed E-state index contributed by atoms with van der Waals surface area (Å²) >= 11 is 0. The van der Waals surface area contributed by atoms with Crippen molar-refractivity contribution in [2.24, 2.45) is 0 Å². The Kier molecular flexibility index (Phi) is 8.25. The standard InChI is InChI=1S/C28H43NO5Si2/c1-8-36(9-2,10-3)34-25-11-13-29-18-21-15-26-27(32-19-31-26)17-23(21)24(28(25)29)16-22(33-20(4)30)12-14-35(5,6)7/h15,17,22,24-25,28H,8-11,13,16,18-19H2,1-7H3/t22-,24-,25+,28-/m1/s1. The highest BCUT2D eigenvalue weighted by Crippen LogP contribution is 2.47. The fourth-order valence-electron chi connectivity index (χ4n) is 6.01. The third-order valence-corrected chi connectivity index (χ3v) is 13.6. The van der Waals surface area contributed by atoms with E-state index in [4.69, 9.17) is 18.6 Å². The van der Waals surface area contributed by atoms with Crippen LogP contribution < -0.4 is 9.47 Å². The summed E-state index contributed by atoms with van der Waals surface area (Å²) < 4.78 is 24.4. The van der Waals surface area contributed by atoms with E-state index in [1.54, 1.807) is 0 Å². The zero-order valence-corrected chi connectivity index (χ0v) is 25.1. The molecule has 3 aliphatic rings. The first-order valence-corrected chi connectivity index (χ1v) is 19.6. The van der Waals surface area contributed by atoms with E-state index in [0.717, 1.165) is 49.1 Å². The van der Waals surface area contributed by atoms with Crippen molar-refractivity contribution in [3.8, 4) is 23.0 Å². The number of esters is 1. The molecule has 3 heterocycles. The van der Waals surface area contributed by atoms with Crippen molar-refractivity contribution in [2.45, 2.75) is 109 Å². The Labute approximate surface area is 219 Å². The van der Waals surface area contributed by atoms with Crippen molar-refractivity contribution in [3.63, 3.8) is 0 Å². The highest BCUT2D eigenvalue weighted by molar-refractivity contribution is 6.83. The fraction of sp³-hybridized carbons (Fsp3) is 0.679. The van der Waals surface area contributed by atoms with E-state index in [9.17, 15) is 4.79 Å². The molecule has 0 aliphatic carbocycles. The van der Waals surface area contributed by atoms with Gasteiger partial charge in [-0.2, -0.15) is 0 Å². The molecule has 0 saturated carbocycles. The third kappa shape index (κ3) is 5.85. The summed E-state index contributed by atoms with van der Waals surface area (Å²) in [4.78, 5) is 14.7. The first kappa shape index (κ1) is 27.2. The second-order valence-electron chi connectivity index (χ2n) is 11.5. The molecule has 0 spiro atoms. The lowest BCUT2D eigenvalue weighted by Gasteiger charge is -2.43. The molecule has 1 saturated heterocycles. The number of benzene rings is 1. The van der Waals surface area contributed by atoms with E-state index in [0.29, 0.717) is 6.42 Å². The highest BCUT2D eigenvalue weighted by atomic mass is 28.4. The highest BCUT2D eigenvalue weighted by Gasteiger charge is 2.48. The molecule has 0 radical (unpaired) electrons. The van der Waals surface area contributed by atoms with Gasteiger partial charge < -0.3 is 18.6 Å². The molecule has 4 rings (SSSR count). The monoisotopic (exact) mass is 529 g/mol. The molecule has 1 fully saturated rings. The molecular formula is C28H43NO5Si2. The van der Waals surface area contributed by atoms with E-state index in [1.807, 2.05) is 0 Å². The van der Waals surface area contributed by atoms with Crippen LogP contribution in [-0.4, -0.2) is 58.8 Å². The quantitative estimate of drug-likeness (QED) is 0.245. The van der Waals surface area contributed by atoms with Gasteiger partial charge in [0, 0.05) is 38.4 Å². The number of fused-ring (bicyclic) bond motifs is 3. The summed E-state index contributed by atoms with van der Waals surface area (Å²) in [7, 11) is -3.41. The number of hydrogen-bond acceptors (Lipinski definition) is 6. The maximum atomic E-state index is 12.1. The molecule has 0 unspecified atom stereocenters. The van der Waals surface area contributed by atoms with Gasteiger partial charge in [0.25, 0.3) is 0 Å². The summed E-state index contributed by atoms with van der Waals surface area (Å²) in [5.74, 6) is 4.84. The number of hydrogen-bond donors (Lipinski definition) is 0. The van der Waals surface area contributed by atoms with Crippen LogP contribution in [0.2, 0.25) is 37.8 Å². The topological polar surface area (TPSA) is 57.2 Å². The Morgan fingerprint density at radius 2 is 1.81 bits per heavy atom. The van der Waals surface area contributed by atoms with Gasteiger partial charge in [-0.25, -0.2) is 0 Å². The summed E-state index contributed by atoms with van der Waals surface area (Å²) in [5.41, 5.74) is 5.98. The smallest absolute Gasteiger partial charge is 0.303 e. The van der Waals surface area contributed by atoms with Gasteiger partial charge in [0.2, 0.25) is 6.79 Å². The van der Waals surface area contributed by atoms with Crippen LogP contribution in [0.1, 0.15) is 57.6 Å². The molecule has 3 aliphatic heterocycles. The van der Waals surface area contributed by atoms with Gasteiger partial charge in [-0.15, -0.1) is 5.54 Å². The van der Waals surface area contributed by atoms with Crippen LogP contribution >= 0.6 is 0 Å². The minimum absolute atomic E-state index is 0.133. The number of carbonyl (C=O) groups is 1. The Bertz CT molecular complexity index is 1010. The van der Waals surface area contributed by atoms with E-state index in [-0.39, 0.29) is 30.8 Å². The van der Waals surface area contributed by atoms with E-state index in [1.165, 1.54) is 18.1 Å². The number of rotatable bonds is 8. The minimum atomic E-state index is -1.78. The van der Waals surface area contributed by atoms with Crippen molar-refractivity contribution < 1.29 is 23.4 Å². The molecule has 0 amide bonds. The summed E-state index contributed by atoms with van der Waals surface area (Å²) in [6.07, 6.45) is 1.44. The van der Waals surface area contributed by atoms with Crippen LogP contribution in [0.15, 0.2) is 12.1 Å². The van der Waals surface area contributed by atoms with Gasteiger partial charge in [0.1, 0.15) is 8.07 Å². The van der Waals surface area contributed by atoms with Crippen molar-refractivity contribution >= 4 is 22.4 Å². The molecule has 4 atom stereocenters. The fourth-order valence-corrected chi connectivity index (χ4v) is 9.50. The van der Waals surface area contributed by atoms with Crippen molar-refractivity contribution in [1.29, 1.82) is 0 Å². The molecule has 6 nitrogen and oxygen atoms in total. The maximum absolute atomic E-state index is 12.1. The third-order valence-electron chi connectivity index (χ3n) is 8.04. The van der Waals surface area contributed by atoms with Crippen LogP contribution in [0.5, 0.6) is 11.5 Å². The van der Waals surface area contributed by atoms with Gasteiger partial charge in [0.15, 0.2) is 25.9 Å². The summed E-state index contributed by atoms with van der Waals surface area (Å²) in [5, 5.41) is 0.